The highest BCUT2D eigenvalue weighted by Crippen LogP contribution is 2.32. The number of aliphatic hydroxyl groups is 2. The van der Waals surface area contributed by atoms with Gasteiger partial charge in [-0.25, -0.2) is 4.79 Å². The van der Waals surface area contributed by atoms with Gasteiger partial charge in [-0.2, -0.15) is 0 Å². The second-order valence-electron chi connectivity index (χ2n) is 11.1. The molecule has 4 atom stereocenters. The lowest BCUT2D eigenvalue weighted by molar-refractivity contribution is -0.127. The van der Waals surface area contributed by atoms with Gasteiger partial charge in [-0.05, 0) is 47.1 Å². The van der Waals surface area contributed by atoms with Gasteiger partial charge in [0.1, 0.15) is 0 Å². The molecule has 0 saturated heterocycles. The zero-order valence-corrected chi connectivity index (χ0v) is 23.2. The Balaban J connectivity index is 1.44. The molecule has 1 aromatic heterocycles. The Hall–Kier alpha value is -3.75. The van der Waals surface area contributed by atoms with E-state index < -0.39 is 24.2 Å². The summed E-state index contributed by atoms with van der Waals surface area (Å²) in [7, 11) is 0. The van der Waals surface area contributed by atoms with Crippen molar-refractivity contribution in [1.29, 1.82) is 0 Å². The monoisotopic (exact) mass is 544 g/mol. The second-order valence-corrected chi connectivity index (χ2v) is 11.1. The van der Waals surface area contributed by atoms with Crippen LogP contribution in [0.4, 0.5) is 4.79 Å². The van der Waals surface area contributed by atoms with Crippen LogP contribution >= 0.6 is 0 Å². The lowest BCUT2D eigenvalue weighted by Crippen LogP contribution is -2.46. The van der Waals surface area contributed by atoms with Gasteiger partial charge in [0.05, 0.1) is 18.2 Å². The molecule has 8 nitrogen and oxygen atoms in total. The molecular weight excluding hydrogens is 504 g/mol. The number of carbonyl (C=O) groups is 2. The first kappa shape index (κ1) is 29.2. The van der Waals surface area contributed by atoms with E-state index in [1.807, 2.05) is 80.6 Å². The number of hydrogen-bond acceptors (Lipinski definition) is 5. The van der Waals surface area contributed by atoms with Crippen LogP contribution in [0.1, 0.15) is 48.6 Å². The summed E-state index contributed by atoms with van der Waals surface area (Å²) in [6, 6.07) is 20.4. The minimum Gasteiger partial charge on any atom is -0.391 e. The van der Waals surface area contributed by atoms with Crippen LogP contribution < -0.4 is 10.6 Å². The number of rotatable bonds is 12. The maximum Gasteiger partial charge on any atom is 0.317 e. The fourth-order valence-corrected chi connectivity index (χ4v) is 5.33. The first-order valence-electron chi connectivity index (χ1n) is 14.0. The van der Waals surface area contributed by atoms with Crippen LogP contribution in [0.15, 0.2) is 79.1 Å². The standard InChI is InChI=1S/C32H40N4O4/c1-22(2)20-36(32(40)34-19-24-11-8-14-33-18-24)21-27(37)16-26(15-23-9-4-3-5-10-23)31(39)35-30-28-13-7-6-12-25(28)17-29(30)38/h3-14,18,22,26-27,29-30,37-38H,15-17,19-21H2,1-2H3,(H,34,40)(H,35,39)/t26-,27+,29-,30+/m1/s1. The molecule has 0 spiro atoms. The van der Waals surface area contributed by atoms with Crippen LogP contribution in [0.5, 0.6) is 0 Å². The molecule has 0 fully saturated rings. The molecular formula is C32H40N4O4. The van der Waals surface area contributed by atoms with E-state index in [1.54, 1.807) is 17.3 Å². The number of fused-ring (bicyclic) bond motifs is 1. The number of amides is 3. The summed E-state index contributed by atoms with van der Waals surface area (Å²) in [6.45, 7) is 4.94. The number of hydrogen-bond donors (Lipinski definition) is 4. The highest BCUT2D eigenvalue weighted by atomic mass is 16.3. The third-order valence-corrected chi connectivity index (χ3v) is 7.22. The molecule has 0 unspecified atom stereocenters. The predicted molar refractivity (Wildman–Crippen MR) is 154 cm³/mol. The molecule has 1 aliphatic carbocycles. The van der Waals surface area contributed by atoms with E-state index in [4.69, 9.17) is 0 Å². The van der Waals surface area contributed by atoms with E-state index in [0.717, 1.165) is 22.3 Å². The molecule has 8 heteroatoms. The molecule has 1 aliphatic rings. The Morgan fingerprint density at radius 1 is 1.00 bits per heavy atom. The largest absolute Gasteiger partial charge is 0.391 e. The van der Waals surface area contributed by atoms with Crippen molar-refractivity contribution in [3.8, 4) is 0 Å². The maximum absolute atomic E-state index is 13.6. The van der Waals surface area contributed by atoms with Crippen LogP contribution in [0.2, 0.25) is 0 Å². The Morgan fingerprint density at radius 2 is 1.73 bits per heavy atom. The molecule has 212 valence electrons. The van der Waals surface area contributed by atoms with E-state index in [9.17, 15) is 19.8 Å². The van der Waals surface area contributed by atoms with Gasteiger partial charge in [-0.1, -0.05) is 74.5 Å². The van der Waals surface area contributed by atoms with Gasteiger partial charge in [0.25, 0.3) is 0 Å². The van der Waals surface area contributed by atoms with Crippen molar-refractivity contribution in [3.05, 3.63) is 101 Å². The molecule has 0 bridgehead atoms. The minimum absolute atomic E-state index is 0.102. The molecule has 4 N–H and O–H groups in total. The average molecular weight is 545 g/mol. The number of aliphatic hydroxyl groups excluding tert-OH is 2. The van der Waals surface area contributed by atoms with Gasteiger partial charge in [0.2, 0.25) is 5.91 Å². The van der Waals surface area contributed by atoms with Crippen molar-refractivity contribution in [2.75, 3.05) is 13.1 Å². The molecule has 40 heavy (non-hydrogen) atoms. The van der Waals surface area contributed by atoms with E-state index in [2.05, 4.69) is 15.6 Å². The molecule has 4 rings (SSSR count). The molecule has 1 heterocycles. The van der Waals surface area contributed by atoms with Crippen molar-refractivity contribution in [2.24, 2.45) is 11.8 Å². The second kappa shape index (κ2) is 14.1. The Bertz CT molecular complexity index is 1240. The van der Waals surface area contributed by atoms with Gasteiger partial charge in [-0.3, -0.25) is 9.78 Å². The number of nitrogens with one attached hydrogen (secondary N) is 2. The highest BCUT2D eigenvalue weighted by Gasteiger charge is 2.34. The number of nitrogens with zero attached hydrogens (tertiary/aromatic N) is 2. The Labute approximate surface area is 236 Å². The van der Waals surface area contributed by atoms with Crippen molar-refractivity contribution >= 4 is 11.9 Å². The summed E-state index contributed by atoms with van der Waals surface area (Å²) in [4.78, 5) is 32.4. The average Bonchev–Trinajstić information content (AvgIpc) is 3.26. The van der Waals surface area contributed by atoms with E-state index >= 15 is 0 Å². The van der Waals surface area contributed by atoms with Crippen molar-refractivity contribution in [1.82, 2.24) is 20.5 Å². The number of benzene rings is 2. The molecule has 0 aliphatic heterocycles. The smallest absolute Gasteiger partial charge is 0.317 e. The van der Waals surface area contributed by atoms with Gasteiger partial charge in [-0.15, -0.1) is 0 Å². The Morgan fingerprint density at radius 3 is 2.45 bits per heavy atom. The van der Waals surface area contributed by atoms with Gasteiger partial charge >= 0.3 is 6.03 Å². The quantitative estimate of drug-likeness (QED) is 0.278. The van der Waals surface area contributed by atoms with Crippen molar-refractivity contribution in [2.45, 2.75) is 57.9 Å². The maximum atomic E-state index is 13.6. The van der Waals surface area contributed by atoms with E-state index in [1.165, 1.54) is 0 Å². The van der Waals surface area contributed by atoms with Gasteiger partial charge < -0.3 is 25.7 Å². The summed E-state index contributed by atoms with van der Waals surface area (Å²) in [5, 5.41) is 27.8. The van der Waals surface area contributed by atoms with Gasteiger partial charge in [0.15, 0.2) is 0 Å². The zero-order valence-electron chi connectivity index (χ0n) is 23.2. The first-order valence-corrected chi connectivity index (χ1v) is 14.0. The fourth-order valence-electron chi connectivity index (χ4n) is 5.33. The minimum atomic E-state index is -0.914. The van der Waals surface area contributed by atoms with E-state index in [0.29, 0.717) is 25.9 Å². The molecule has 0 saturated carbocycles. The zero-order chi connectivity index (χ0) is 28.5. The summed E-state index contributed by atoms with van der Waals surface area (Å²) in [5.41, 5.74) is 3.82. The highest BCUT2D eigenvalue weighted by molar-refractivity contribution is 5.80. The van der Waals surface area contributed by atoms with Crippen molar-refractivity contribution < 1.29 is 19.8 Å². The fraction of sp³-hybridized carbons (Fsp3) is 0.406. The lowest BCUT2D eigenvalue weighted by Gasteiger charge is -2.29. The summed E-state index contributed by atoms with van der Waals surface area (Å²) in [6.07, 6.45) is 2.87. The number of pyridine rings is 1. The third kappa shape index (κ3) is 8.13. The normalized spacial score (nSPS) is 17.6. The molecule has 3 aromatic rings. The topological polar surface area (TPSA) is 115 Å². The van der Waals surface area contributed by atoms with Crippen LogP contribution in [-0.2, 0) is 24.2 Å². The third-order valence-electron chi connectivity index (χ3n) is 7.22. The van der Waals surface area contributed by atoms with Crippen LogP contribution in [0, 0.1) is 11.8 Å². The Kier molecular flexibility index (Phi) is 10.3. The lowest BCUT2D eigenvalue weighted by atomic mass is 9.92. The summed E-state index contributed by atoms with van der Waals surface area (Å²) >= 11 is 0. The van der Waals surface area contributed by atoms with Gasteiger partial charge in [0, 0.05) is 44.4 Å². The van der Waals surface area contributed by atoms with Crippen LogP contribution in [0.25, 0.3) is 0 Å². The van der Waals surface area contributed by atoms with Crippen molar-refractivity contribution in [3.63, 3.8) is 0 Å². The number of urea groups is 1. The SMILES string of the molecule is CC(C)CN(C[C@@H](O)C[C@@H](Cc1ccccc1)C(=O)N[C@H]1c2ccccc2C[C@H]1O)C(=O)NCc1cccnc1. The van der Waals surface area contributed by atoms with Crippen LogP contribution in [0.3, 0.4) is 0 Å². The number of carbonyl (C=O) groups excluding carboxylic acids is 2. The summed E-state index contributed by atoms with van der Waals surface area (Å²) in [5.74, 6) is -0.569. The first-order chi connectivity index (χ1) is 19.3. The summed E-state index contributed by atoms with van der Waals surface area (Å²) < 4.78 is 0. The predicted octanol–water partition coefficient (Wildman–Crippen LogP) is 3.63. The number of aromatic nitrogens is 1. The van der Waals surface area contributed by atoms with E-state index in [-0.39, 0.29) is 30.8 Å². The molecule has 0 radical (unpaired) electrons. The molecule has 2 aromatic carbocycles. The van der Waals surface area contributed by atoms with Crippen LogP contribution in [-0.4, -0.2) is 57.3 Å². The molecule has 3 amide bonds.